The molecule has 0 spiro atoms. The highest BCUT2D eigenvalue weighted by atomic mass is 32.2. The van der Waals surface area contributed by atoms with Crippen molar-refractivity contribution in [2.75, 3.05) is 35.3 Å². The fourth-order valence-electron chi connectivity index (χ4n) is 3.80. The van der Waals surface area contributed by atoms with Crippen LogP contribution in [0.1, 0.15) is 30.3 Å². The fourth-order valence-corrected chi connectivity index (χ4v) is 4.16. The highest BCUT2D eigenvalue weighted by Crippen LogP contribution is 2.30. The van der Waals surface area contributed by atoms with E-state index in [9.17, 15) is 4.79 Å². The van der Waals surface area contributed by atoms with Gasteiger partial charge in [0.15, 0.2) is 5.69 Å². The lowest BCUT2D eigenvalue weighted by atomic mass is 10.00. The van der Waals surface area contributed by atoms with Crippen molar-refractivity contribution in [2.24, 2.45) is 5.92 Å². The van der Waals surface area contributed by atoms with Crippen LogP contribution in [0.25, 0.3) is 11.4 Å². The van der Waals surface area contributed by atoms with Crippen molar-refractivity contribution in [3.63, 3.8) is 0 Å². The van der Waals surface area contributed by atoms with Crippen LogP contribution in [0.15, 0.2) is 53.8 Å². The molecule has 31 heavy (non-hydrogen) atoms. The van der Waals surface area contributed by atoms with E-state index >= 15 is 0 Å². The van der Waals surface area contributed by atoms with Crippen LogP contribution >= 0.6 is 11.8 Å². The Morgan fingerprint density at radius 2 is 2.03 bits per heavy atom. The number of rotatable bonds is 5. The largest absolute Gasteiger partial charge is 0.397 e. The number of hydrogen-bond donors (Lipinski definition) is 2. The molecule has 0 radical (unpaired) electrons. The van der Waals surface area contributed by atoms with Gasteiger partial charge >= 0.3 is 0 Å². The topological polar surface area (TPSA) is 97.0 Å². The van der Waals surface area contributed by atoms with E-state index in [1.807, 2.05) is 24.5 Å². The van der Waals surface area contributed by atoms with Gasteiger partial charge in [0.05, 0.1) is 34.6 Å². The second kappa shape index (κ2) is 9.34. The summed E-state index contributed by atoms with van der Waals surface area (Å²) < 4.78 is 0. The molecule has 8 heteroatoms. The molecule has 3 N–H and O–H groups in total. The number of carbonyl (C=O) groups excluding carboxylic acids is 1. The lowest BCUT2D eigenvalue weighted by Gasteiger charge is -2.33. The molecule has 7 nitrogen and oxygen atoms in total. The van der Waals surface area contributed by atoms with Crippen LogP contribution in [0.2, 0.25) is 0 Å². The number of nitrogens with one attached hydrogen (secondary N) is 1. The molecule has 160 valence electrons. The third kappa shape index (κ3) is 4.80. The number of aromatic nitrogens is 3. The number of nitrogens with zero attached hydrogens (tertiary/aromatic N) is 4. The number of hydrogen-bond acceptors (Lipinski definition) is 7. The summed E-state index contributed by atoms with van der Waals surface area (Å²) in [6.07, 6.45) is 9.58. The SMILES string of the molecule is CSc1ccc(-c2ccc(N)c(C(=O)Nc3cnccc3N3CCC[C@H](C)C3)n2)nc1. The molecule has 1 saturated heterocycles. The maximum absolute atomic E-state index is 13.1. The summed E-state index contributed by atoms with van der Waals surface area (Å²) >= 11 is 1.62. The van der Waals surface area contributed by atoms with E-state index in [0.29, 0.717) is 28.7 Å². The van der Waals surface area contributed by atoms with Crippen LogP contribution in [0, 0.1) is 5.92 Å². The van der Waals surface area contributed by atoms with E-state index < -0.39 is 0 Å². The summed E-state index contributed by atoms with van der Waals surface area (Å²) in [7, 11) is 0. The number of pyridine rings is 3. The van der Waals surface area contributed by atoms with Crippen molar-refractivity contribution >= 4 is 34.7 Å². The first-order valence-corrected chi connectivity index (χ1v) is 11.5. The Kier molecular flexibility index (Phi) is 6.36. The molecule has 0 unspecified atom stereocenters. The Morgan fingerprint density at radius 1 is 1.19 bits per heavy atom. The third-order valence-electron chi connectivity index (χ3n) is 5.42. The third-order valence-corrected chi connectivity index (χ3v) is 6.13. The van der Waals surface area contributed by atoms with E-state index in [1.165, 1.54) is 6.42 Å². The monoisotopic (exact) mass is 434 g/mol. The van der Waals surface area contributed by atoms with E-state index in [-0.39, 0.29) is 11.6 Å². The van der Waals surface area contributed by atoms with Crippen LogP contribution in [0.5, 0.6) is 0 Å². The molecule has 0 bridgehead atoms. The molecule has 1 aliphatic heterocycles. The minimum atomic E-state index is -0.362. The Bertz CT molecular complexity index is 1070. The van der Waals surface area contributed by atoms with E-state index in [2.05, 4.69) is 32.1 Å². The van der Waals surface area contributed by atoms with Gasteiger partial charge in [-0.05, 0) is 55.3 Å². The van der Waals surface area contributed by atoms with Crippen molar-refractivity contribution < 1.29 is 4.79 Å². The van der Waals surface area contributed by atoms with Gasteiger partial charge in [-0.1, -0.05) is 6.92 Å². The number of amides is 1. The maximum atomic E-state index is 13.1. The van der Waals surface area contributed by atoms with E-state index in [4.69, 9.17) is 5.73 Å². The van der Waals surface area contributed by atoms with Crippen molar-refractivity contribution in [3.8, 4) is 11.4 Å². The van der Waals surface area contributed by atoms with Crippen LogP contribution in [0.3, 0.4) is 0 Å². The van der Waals surface area contributed by atoms with Gasteiger partial charge in [-0.25, -0.2) is 4.98 Å². The molecule has 4 rings (SSSR count). The number of carbonyl (C=O) groups is 1. The average Bonchev–Trinajstić information content (AvgIpc) is 2.80. The predicted molar refractivity (Wildman–Crippen MR) is 126 cm³/mol. The summed E-state index contributed by atoms with van der Waals surface area (Å²) in [5.41, 5.74) is 9.51. The van der Waals surface area contributed by atoms with Gasteiger partial charge in [0.25, 0.3) is 5.91 Å². The second-order valence-electron chi connectivity index (χ2n) is 7.76. The molecule has 1 fully saturated rings. The quantitative estimate of drug-likeness (QED) is 0.577. The highest BCUT2D eigenvalue weighted by Gasteiger charge is 2.21. The Morgan fingerprint density at radius 3 is 2.77 bits per heavy atom. The Labute approximate surface area is 186 Å². The zero-order chi connectivity index (χ0) is 21.8. The first kappa shape index (κ1) is 21.1. The second-order valence-corrected chi connectivity index (χ2v) is 8.64. The maximum Gasteiger partial charge on any atom is 0.276 e. The van der Waals surface area contributed by atoms with Crippen LogP contribution in [-0.2, 0) is 0 Å². The minimum Gasteiger partial charge on any atom is -0.397 e. The highest BCUT2D eigenvalue weighted by molar-refractivity contribution is 7.98. The summed E-state index contributed by atoms with van der Waals surface area (Å²) in [6, 6.07) is 9.28. The first-order chi connectivity index (χ1) is 15.0. The van der Waals surface area contributed by atoms with Gasteiger partial charge in [-0.2, -0.15) is 0 Å². The van der Waals surface area contributed by atoms with Crippen molar-refractivity contribution in [2.45, 2.75) is 24.7 Å². The minimum absolute atomic E-state index is 0.176. The molecule has 1 amide bonds. The molecule has 3 aromatic heterocycles. The number of thioether (sulfide) groups is 1. The molecule has 0 aliphatic carbocycles. The van der Waals surface area contributed by atoms with Crippen LogP contribution < -0.4 is 16.0 Å². The molecule has 1 aliphatic rings. The molecule has 0 aromatic carbocycles. The van der Waals surface area contributed by atoms with Gasteiger partial charge in [0.2, 0.25) is 0 Å². The fraction of sp³-hybridized carbons (Fsp3) is 0.304. The number of anilines is 3. The van der Waals surface area contributed by atoms with Crippen molar-refractivity contribution in [1.29, 1.82) is 0 Å². The summed E-state index contributed by atoms with van der Waals surface area (Å²) in [5.74, 6) is 0.254. The van der Waals surface area contributed by atoms with Crippen LogP contribution in [-0.4, -0.2) is 40.2 Å². The smallest absolute Gasteiger partial charge is 0.276 e. The molecule has 1 atom stereocenters. The van der Waals surface area contributed by atoms with E-state index in [0.717, 1.165) is 30.1 Å². The zero-order valence-electron chi connectivity index (χ0n) is 17.7. The summed E-state index contributed by atoms with van der Waals surface area (Å²) in [6.45, 7) is 4.17. The van der Waals surface area contributed by atoms with Gasteiger partial charge < -0.3 is 16.0 Å². The average molecular weight is 435 g/mol. The van der Waals surface area contributed by atoms with Gasteiger partial charge in [0, 0.05) is 30.4 Å². The lowest BCUT2D eigenvalue weighted by molar-refractivity contribution is 0.102. The molecular weight excluding hydrogens is 408 g/mol. The van der Waals surface area contributed by atoms with Gasteiger partial charge in [0.1, 0.15) is 0 Å². The van der Waals surface area contributed by atoms with Crippen LogP contribution in [0.4, 0.5) is 17.1 Å². The van der Waals surface area contributed by atoms with E-state index in [1.54, 1.807) is 42.5 Å². The van der Waals surface area contributed by atoms with Gasteiger partial charge in [-0.3, -0.25) is 14.8 Å². The lowest BCUT2D eigenvalue weighted by Crippen LogP contribution is -2.35. The number of nitrogen functional groups attached to an aromatic ring is 1. The Balaban J connectivity index is 1.59. The first-order valence-electron chi connectivity index (χ1n) is 10.3. The van der Waals surface area contributed by atoms with Crippen molar-refractivity contribution in [3.05, 3.63) is 54.6 Å². The standard InChI is InChI=1S/C23H26N6OS/c1-15-4-3-11-29(14-15)21-9-10-25-13-20(21)28-23(30)22-17(24)6-8-19(27-22)18-7-5-16(31-2)12-26-18/h5-10,12-13,15H,3-4,11,14,24H2,1-2H3,(H,28,30)/t15-/m0/s1. The summed E-state index contributed by atoms with van der Waals surface area (Å²) in [4.78, 5) is 29.6. The molecule has 0 saturated carbocycles. The molecule has 4 heterocycles. The normalized spacial score (nSPS) is 16.2. The van der Waals surface area contributed by atoms with Gasteiger partial charge in [-0.15, -0.1) is 11.8 Å². The Hall–Kier alpha value is -3.13. The van der Waals surface area contributed by atoms with Crippen molar-refractivity contribution in [1.82, 2.24) is 15.0 Å². The molecular formula is C23H26N6OS. The number of piperidine rings is 1. The summed E-state index contributed by atoms with van der Waals surface area (Å²) in [5, 5.41) is 2.97. The number of nitrogens with two attached hydrogens (primary N) is 1. The molecule has 3 aromatic rings. The zero-order valence-corrected chi connectivity index (χ0v) is 18.5. The predicted octanol–water partition coefficient (Wildman–Crippen LogP) is 4.33.